The monoisotopic (exact) mass is 348 g/mol. The number of hydrogen-bond donors (Lipinski definition) is 1. The first-order chi connectivity index (χ1) is 11.6. The molecule has 0 amide bonds. The van der Waals surface area contributed by atoms with Crippen LogP contribution in [0.25, 0.3) is 0 Å². The Labute approximate surface area is 150 Å². The molecule has 4 rings (SSSR count). The van der Waals surface area contributed by atoms with Gasteiger partial charge in [0.15, 0.2) is 0 Å². The van der Waals surface area contributed by atoms with E-state index in [1.54, 1.807) is 0 Å². The molecule has 4 heteroatoms. The molecule has 0 bridgehead atoms. The predicted molar refractivity (Wildman–Crippen MR) is 98.5 cm³/mol. The Bertz CT molecular complexity index is 565. The average Bonchev–Trinajstić information content (AvgIpc) is 3.46. The summed E-state index contributed by atoms with van der Waals surface area (Å²) in [7, 11) is 2.19. The Morgan fingerprint density at radius 3 is 2.29 bits per heavy atom. The van der Waals surface area contributed by atoms with Gasteiger partial charge >= 0.3 is 0 Å². The van der Waals surface area contributed by atoms with Gasteiger partial charge in [0, 0.05) is 43.7 Å². The standard InChI is InChI=1S/C20H29ClN2O/c1-22-9-11-23(12-10-22)14-19(15-3-2-4-18(21)13-15)20(24,16-5-6-16)17-7-8-17/h2-4,13,16-17,19,24H,5-12,14H2,1H3. The van der Waals surface area contributed by atoms with Crippen LogP contribution in [0.15, 0.2) is 24.3 Å². The van der Waals surface area contributed by atoms with E-state index in [-0.39, 0.29) is 5.92 Å². The number of hydrogen-bond acceptors (Lipinski definition) is 3. The molecule has 3 aliphatic rings. The number of halogens is 1. The van der Waals surface area contributed by atoms with Gasteiger partial charge in [-0.05, 0) is 62.3 Å². The summed E-state index contributed by atoms with van der Waals surface area (Å²) in [6, 6.07) is 8.22. The lowest BCUT2D eigenvalue weighted by molar-refractivity contribution is -0.0430. The second kappa shape index (κ2) is 6.60. The summed E-state index contributed by atoms with van der Waals surface area (Å²) in [5.74, 6) is 1.16. The van der Waals surface area contributed by atoms with Crippen LogP contribution in [0.5, 0.6) is 0 Å². The van der Waals surface area contributed by atoms with Gasteiger partial charge < -0.3 is 14.9 Å². The van der Waals surface area contributed by atoms with Crippen LogP contribution in [0.3, 0.4) is 0 Å². The quantitative estimate of drug-likeness (QED) is 0.855. The molecular formula is C20H29ClN2O. The summed E-state index contributed by atoms with van der Waals surface area (Å²) in [4.78, 5) is 4.93. The zero-order valence-electron chi connectivity index (χ0n) is 14.6. The predicted octanol–water partition coefficient (Wildman–Crippen LogP) is 3.22. The van der Waals surface area contributed by atoms with Gasteiger partial charge in [-0.2, -0.15) is 0 Å². The highest BCUT2D eigenvalue weighted by Gasteiger charge is 2.57. The molecule has 1 aromatic carbocycles. The third-order valence-corrected chi connectivity index (χ3v) is 6.54. The number of likely N-dealkylation sites (N-methyl/N-ethyl adjacent to an activating group) is 1. The van der Waals surface area contributed by atoms with Gasteiger partial charge in [-0.1, -0.05) is 23.7 Å². The highest BCUT2D eigenvalue weighted by atomic mass is 35.5. The third kappa shape index (κ3) is 3.37. The summed E-state index contributed by atoms with van der Waals surface area (Å²) >= 11 is 6.29. The molecule has 3 fully saturated rings. The first-order valence-electron chi connectivity index (χ1n) is 9.46. The topological polar surface area (TPSA) is 26.7 Å². The Kier molecular flexibility index (Phi) is 4.63. The fourth-order valence-electron chi connectivity index (χ4n) is 4.52. The van der Waals surface area contributed by atoms with Crippen molar-refractivity contribution in [3.8, 4) is 0 Å². The van der Waals surface area contributed by atoms with Gasteiger partial charge in [-0.15, -0.1) is 0 Å². The Morgan fingerprint density at radius 1 is 1.12 bits per heavy atom. The van der Waals surface area contributed by atoms with Gasteiger partial charge in [0.25, 0.3) is 0 Å². The maximum atomic E-state index is 11.8. The van der Waals surface area contributed by atoms with E-state index in [2.05, 4.69) is 29.0 Å². The Balaban J connectivity index is 1.61. The van der Waals surface area contributed by atoms with Crippen LogP contribution >= 0.6 is 11.6 Å². The molecule has 1 N–H and O–H groups in total. The molecule has 1 saturated heterocycles. The lowest BCUT2D eigenvalue weighted by Crippen LogP contribution is -2.51. The van der Waals surface area contributed by atoms with Crippen molar-refractivity contribution in [1.29, 1.82) is 0 Å². The van der Waals surface area contributed by atoms with Gasteiger partial charge in [-0.25, -0.2) is 0 Å². The molecule has 1 heterocycles. The van der Waals surface area contributed by atoms with Crippen molar-refractivity contribution >= 4 is 11.6 Å². The van der Waals surface area contributed by atoms with E-state index in [9.17, 15) is 5.11 Å². The van der Waals surface area contributed by atoms with E-state index in [1.807, 2.05) is 12.1 Å². The fourth-order valence-corrected chi connectivity index (χ4v) is 4.72. The van der Waals surface area contributed by atoms with E-state index >= 15 is 0 Å². The van der Waals surface area contributed by atoms with E-state index in [0.717, 1.165) is 37.7 Å². The first-order valence-corrected chi connectivity index (χ1v) is 9.84. The number of benzene rings is 1. The van der Waals surface area contributed by atoms with Crippen molar-refractivity contribution < 1.29 is 5.11 Å². The van der Waals surface area contributed by atoms with E-state index in [4.69, 9.17) is 11.6 Å². The third-order valence-electron chi connectivity index (χ3n) is 6.31. The lowest BCUT2D eigenvalue weighted by atomic mass is 9.74. The minimum Gasteiger partial charge on any atom is -0.389 e. The molecular weight excluding hydrogens is 320 g/mol. The van der Waals surface area contributed by atoms with Gasteiger partial charge in [0.05, 0.1) is 5.60 Å². The van der Waals surface area contributed by atoms with Crippen LogP contribution in [0.2, 0.25) is 5.02 Å². The SMILES string of the molecule is CN1CCN(CC(c2cccc(Cl)c2)C(O)(C2CC2)C2CC2)CC1. The maximum absolute atomic E-state index is 11.8. The summed E-state index contributed by atoms with van der Waals surface area (Å²) < 4.78 is 0. The number of nitrogens with zero attached hydrogens (tertiary/aromatic N) is 2. The van der Waals surface area contributed by atoms with E-state index < -0.39 is 5.60 Å². The van der Waals surface area contributed by atoms with Crippen molar-refractivity contribution in [3.05, 3.63) is 34.9 Å². The van der Waals surface area contributed by atoms with Crippen molar-refractivity contribution in [1.82, 2.24) is 9.80 Å². The highest BCUT2D eigenvalue weighted by molar-refractivity contribution is 6.30. The molecule has 0 aromatic heterocycles. The van der Waals surface area contributed by atoms with Crippen molar-refractivity contribution in [2.75, 3.05) is 39.8 Å². The normalized spacial score (nSPS) is 25.0. The first kappa shape index (κ1) is 16.8. The Hall–Kier alpha value is -0.610. The molecule has 1 atom stereocenters. The molecule has 1 unspecified atom stereocenters. The molecule has 0 spiro atoms. The molecule has 2 aliphatic carbocycles. The molecule has 0 radical (unpaired) electrons. The number of piperazine rings is 1. The van der Waals surface area contributed by atoms with Crippen LogP contribution < -0.4 is 0 Å². The molecule has 132 valence electrons. The minimum atomic E-state index is -0.534. The van der Waals surface area contributed by atoms with Gasteiger partial charge in [-0.3, -0.25) is 0 Å². The summed E-state index contributed by atoms with van der Waals surface area (Å²) in [6.07, 6.45) is 4.75. The zero-order valence-corrected chi connectivity index (χ0v) is 15.4. The molecule has 1 aromatic rings. The summed E-state index contributed by atoms with van der Waals surface area (Å²) in [6.45, 7) is 5.39. The second-order valence-electron chi connectivity index (χ2n) is 8.15. The van der Waals surface area contributed by atoms with Crippen LogP contribution in [-0.4, -0.2) is 60.3 Å². The fraction of sp³-hybridized carbons (Fsp3) is 0.700. The van der Waals surface area contributed by atoms with E-state index in [0.29, 0.717) is 11.8 Å². The zero-order chi connectivity index (χ0) is 16.7. The van der Waals surface area contributed by atoms with Crippen LogP contribution in [0.4, 0.5) is 0 Å². The average molecular weight is 349 g/mol. The van der Waals surface area contributed by atoms with Crippen LogP contribution in [-0.2, 0) is 0 Å². The van der Waals surface area contributed by atoms with Crippen LogP contribution in [0, 0.1) is 11.8 Å². The smallest absolute Gasteiger partial charge is 0.0784 e. The lowest BCUT2D eigenvalue weighted by Gasteiger charge is -2.42. The maximum Gasteiger partial charge on any atom is 0.0784 e. The molecule has 24 heavy (non-hydrogen) atoms. The van der Waals surface area contributed by atoms with Gasteiger partial charge in [0.2, 0.25) is 0 Å². The van der Waals surface area contributed by atoms with Crippen molar-refractivity contribution in [2.45, 2.75) is 37.2 Å². The van der Waals surface area contributed by atoms with Crippen molar-refractivity contribution in [3.63, 3.8) is 0 Å². The van der Waals surface area contributed by atoms with E-state index in [1.165, 1.54) is 31.2 Å². The van der Waals surface area contributed by atoms with Crippen LogP contribution in [0.1, 0.15) is 37.2 Å². The minimum absolute atomic E-state index is 0.180. The van der Waals surface area contributed by atoms with Crippen molar-refractivity contribution in [2.24, 2.45) is 11.8 Å². The molecule has 3 nitrogen and oxygen atoms in total. The Morgan fingerprint density at radius 2 is 1.75 bits per heavy atom. The summed E-state index contributed by atoms with van der Waals surface area (Å²) in [5.41, 5.74) is 0.691. The number of aliphatic hydroxyl groups is 1. The van der Waals surface area contributed by atoms with Gasteiger partial charge in [0.1, 0.15) is 0 Å². The largest absolute Gasteiger partial charge is 0.389 e. The number of rotatable bonds is 6. The summed E-state index contributed by atoms with van der Waals surface area (Å²) in [5, 5.41) is 12.6. The molecule has 1 aliphatic heterocycles. The molecule has 2 saturated carbocycles. The second-order valence-corrected chi connectivity index (χ2v) is 8.58. The highest BCUT2D eigenvalue weighted by Crippen LogP contribution is 2.58.